The van der Waals surface area contributed by atoms with Crippen LogP contribution in [0.1, 0.15) is 44.1 Å². The van der Waals surface area contributed by atoms with Gasteiger partial charge in [0.25, 0.3) is 5.69 Å². The molecule has 3 aliphatic rings. The molecule has 40 heavy (non-hydrogen) atoms. The first-order valence-corrected chi connectivity index (χ1v) is 14.3. The number of carbonyl (C=O) groups excluding carboxylic acids is 1. The third kappa shape index (κ3) is 6.60. The van der Waals surface area contributed by atoms with Crippen LogP contribution in [0, 0.1) is 27.9 Å². The molecule has 0 bridgehead atoms. The van der Waals surface area contributed by atoms with Gasteiger partial charge in [-0.3, -0.25) is 14.9 Å². The Kier molecular flexibility index (Phi) is 8.38. The maximum absolute atomic E-state index is 13.3. The number of hydrogen-bond donors (Lipinski definition) is 1. The van der Waals surface area contributed by atoms with E-state index in [-0.39, 0.29) is 17.6 Å². The molecule has 3 fully saturated rings. The van der Waals surface area contributed by atoms with Gasteiger partial charge in [0, 0.05) is 56.1 Å². The maximum atomic E-state index is 13.3. The van der Waals surface area contributed by atoms with Gasteiger partial charge >= 0.3 is 6.18 Å². The van der Waals surface area contributed by atoms with Gasteiger partial charge in [-0.2, -0.15) is 13.2 Å². The van der Waals surface area contributed by atoms with E-state index >= 15 is 0 Å². The number of piperazine rings is 1. The fourth-order valence-electron chi connectivity index (χ4n) is 6.27. The van der Waals surface area contributed by atoms with Crippen molar-refractivity contribution in [3.63, 3.8) is 0 Å². The first kappa shape index (κ1) is 28.8. The zero-order chi connectivity index (χ0) is 28.6. The Hall–Kier alpha value is -2.72. The number of nitrogens with one attached hydrogen (secondary N) is 1. The fourth-order valence-corrected chi connectivity index (χ4v) is 6.56. The molecule has 2 saturated carbocycles. The van der Waals surface area contributed by atoms with Gasteiger partial charge < -0.3 is 15.1 Å². The zero-order valence-corrected chi connectivity index (χ0v) is 23.3. The average molecular weight is 599 g/mol. The summed E-state index contributed by atoms with van der Waals surface area (Å²) in [5, 5.41) is 15.2. The minimum absolute atomic E-state index is 0.0180. The van der Waals surface area contributed by atoms with Crippen LogP contribution in [0.4, 0.5) is 30.2 Å². The third-order valence-electron chi connectivity index (χ3n) is 8.56. The summed E-state index contributed by atoms with van der Waals surface area (Å²) in [6, 6.07) is 8.68. The predicted octanol–water partition coefficient (Wildman–Crippen LogP) is 7.27. The highest BCUT2D eigenvalue weighted by molar-refractivity contribution is 6.42. The normalized spacial score (nSPS) is 25.0. The van der Waals surface area contributed by atoms with Gasteiger partial charge in [0.1, 0.15) is 5.56 Å². The molecule has 1 N–H and O–H groups in total. The van der Waals surface area contributed by atoms with Crippen LogP contribution in [0.25, 0.3) is 0 Å². The van der Waals surface area contributed by atoms with Crippen LogP contribution < -0.4 is 10.2 Å². The molecule has 1 amide bonds. The molecule has 1 saturated heterocycles. The minimum Gasteiger partial charge on any atom is -0.382 e. The Bertz CT molecular complexity index is 1260. The molecular formula is C28H31Cl2F3N4O3. The molecule has 2 aromatic rings. The average Bonchev–Trinajstić information content (AvgIpc) is 3.69. The minimum atomic E-state index is -4.80. The standard InChI is InChI=1S/C28H31Cl2F3N4O3/c29-24-7-6-21(16-25(24)30)35-9-11-36(12-10-35)27(38)14-18-13-22(18)17-1-3-19(4-2-17)34-20-5-8-26(37(39)40)23(15-20)28(31,32)33/h5-8,15-19,22,34H,1-4,9-14H2/t17?,18?,19?,22-/m0/s1. The lowest BCUT2D eigenvalue weighted by molar-refractivity contribution is -0.388. The van der Waals surface area contributed by atoms with Crippen LogP contribution in [-0.2, 0) is 11.0 Å². The number of amides is 1. The predicted molar refractivity (Wildman–Crippen MR) is 149 cm³/mol. The van der Waals surface area contributed by atoms with Crippen LogP contribution in [0.15, 0.2) is 36.4 Å². The van der Waals surface area contributed by atoms with Gasteiger partial charge in [0.2, 0.25) is 5.91 Å². The lowest BCUT2D eigenvalue weighted by Crippen LogP contribution is -2.48. The Balaban J connectivity index is 1.05. The molecule has 1 unspecified atom stereocenters. The van der Waals surface area contributed by atoms with Crippen molar-refractivity contribution in [1.29, 1.82) is 0 Å². The first-order chi connectivity index (χ1) is 19.0. The summed E-state index contributed by atoms with van der Waals surface area (Å²) in [5.74, 6) is 1.65. The quantitative estimate of drug-likeness (QED) is 0.268. The number of benzene rings is 2. The van der Waals surface area contributed by atoms with Crippen molar-refractivity contribution in [3.05, 3.63) is 62.1 Å². The lowest BCUT2D eigenvalue weighted by atomic mass is 9.82. The highest BCUT2D eigenvalue weighted by Crippen LogP contribution is 2.51. The number of halogens is 5. The molecule has 5 rings (SSSR count). The van der Waals surface area contributed by atoms with E-state index in [1.807, 2.05) is 17.0 Å². The third-order valence-corrected chi connectivity index (χ3v) is 9.30. The van der Waals surface area contributed by atoms with Crippen molar-refractivity contribution in [2.75, 3.05) is 36.4 Å². The van der Waals surface area contributed by atoms with E-state index in [2.05, 4.69) is 10.2 Å². The topological polar surface area (TPSA) is 78.7 Å². The summed E-state index contributed by atoms with van der Waals surface area (Å²) < 4.78 is 39.9. The van der Waals surface area contributed by atoms with Gasteiger partial charge in [0.15, 0.2) is 0 Å². The molecule has 1 heterocycles. The summed E-state index contributed by atoms with van der Waals surface area (Å²) in [7, 11) is 0. The molecule has 2 aromatic carbocycles. The second-order valence-electron chi connectivity index (χ2n) is 11.1. The maximum Gasteiger partial charge on any atom is 0.423 e. The van der Waals surface area contributed by atoms with Crippen LogP contribution >= 0.6 is 23.2 Å². The van der Waals surface area contributed by atoms with Gasteiger partial charge in [-0.1, -0.05) is 23.2 Å². The van der Waals surface area contributed by atoms with Crippen molar-refractivity contribution in [1.82, 2.24) is 4.90 Å². The molecular weight excluding hydrogens is 568 g/mol. The number of nitrogens with zero attached hydrogens (tertiary/aromatic N) is 3. The van der Waals surface area contributed by atoms with Crippen LogP contribution in [0.3, 0.4) is 0 Å². The number of alkyl halides is 3. The van der Waals surface area contributed by atoms with Gasteiger partial charge in [-0.05, 0) is 80.2 Å². The molecule has 12 heteroatoms. The largest absolute Gasteiger partial charge is 0.423 e. The number of rotatable bonds is 7. The summed E-state index contributed by atoms with van der Waals surface area (Å²) in [4.78, 5) is 27.1. The number of anilines is 2. The zero-order valence-electron chi connectivity index (χ0n) is 21.8. The molecule has 7 nitrogen and oxygen atoms in total. The molecule has 0 radical (unpaired) electrons. The van der Waals surface area contributed by atoms with E-state index in [1.165, 1.54) is 6.07 Å². The lowest BCUT2D eigenvalue weighted by Gasteiger charge is -2.36. The Morgan fingerprint density at radius 3 is 2.33 bits per heavy atom. The van der Waals surface area contributed by atoms with Crippen LogP contribution in [-0.4, -0.2) is 48.0 Å². The Labute approximate surface area is 240 Å². The van der Waals surface area contributed by atoms with Crippen molar-refractivity contribution in [2.45, 2.75) is 50.7 Å². The molecule has 2 aliphatic carbocycles. The van der Waals surface area contributed by atoms with Gasteiger partial charge in [-0.25, -0.2) is 0 Å². The number of carbonyl (C=O) groups is 1. The number of nitro groups is 1. The number of hydrogen-bond acceptors (Lipinski definition) is 5. The van der Waals surface area contributed by atoms with E-state index in [0.29, 0.717) is 47.3 Å². The molecule has 2 atom stereocenters. The summed E-state index contributed by atoms with van der Waals surface area (Å²) in [6.45, 7) is 2.83. The number of nitro benzene ring substituents is 1. The second-order valence-corrected chi connectivity index (χ2v) is 11.9. The molecule has 1 aliphatic heterocycles. The van der Waals surface area contributed by atoms with Crippen molar-refractivity contribution >= 4 is 46.2 Å². The fraction of sp³-hybridized carbons (Fsp3) is 0.536. The Morgan fingerprint density at radius 2 is 1.70 bits per heavy atom. The first-order valence-electron chi connectivity index (χ1n) is 13.6. The van der Waals surface area contributed by atoms with Crippen molar-refractivity contribution in [2.24, 2.45) is 17.8 Å². The molecule has 0 spiro atoms. The SMILES string of the molecule is O=C(CC1C[C@H]1C1CCC(Nc2ccc([N+](=O)[O-])c(C(F)(F)F)c2)CC1)N1CCN(c2ccc(Cl)c(Cl)c2)CC1. The van der Waals surface area contributed by atoms with Crippen molar-refractivity contribution in [3.8, 4) is 0 Å². The van der Waals surface area contributed by atoms with E-state index < -0.39 is 22.4 Å². The van der Waals surface area contributed by atoms with Gasteiger partial charge in [-0.15, -0.1) is 0 Å². The smallest absolute Gasteiger partial charge is 0.382 e. The van der Waals surface area contributed by atoms with E-state index in [9.17, 15) is 28.1 Å². The second kappa shape index (κ2) is 11.6. The Morgan fingerprint density at radius 1 is 1.00 bits per heavy atom. The van der Waals surface area contributed by atoms with Gasteiger partial charge in [0.05, 0.1) is 15.0 Å². The van der Waals surface area contributed by atoms with Crippen molar-refractivity contribution < 1.29 is 22.9 Å². The van der Waals surface area contributed by atoms with E-state index in [1.54, 1.807) is 6.07 Å². The summed E-state index contributed by atoms with van der Waals surface area (Å²) in [5.41, 5.74) is -0.930. The summed E-state index contributed by atoms with van der Waals surface area (Å²) in [6.07, 6.45) is 0.360. The monoisotopic (exact) mass is 598 g/mol. The molecule has 216 valence electrons. The summed E-state index contributed by atoms with van der Waals surface area (Å²) >= 11 is 12.2. The van der Waals surface area contributed by atoms with Crippen LogP contribution in [0.2, 0.25) is 10.0 Å². The highest BCUT2D eigenvalue weighted by atomic mass is 35.5. The van der Waals surface area contributed by atoms with E-state index in [0.717, 1.165) is 63.0 Å². The highest BCUT2D eigenvalue weighted by Gasteiger charge is 2.45. The van der Waals surface area contributed by atoms with Crippen LogP contribution in [0.5, 0.6) is 0 Å². The van der Waals surface area contributed by atoms with E-state index in [4.69, 9.17) is 23.2 Å². The molecule has 0 aromatic heterocycles.